The first-order valence-electron chi connectivity index (χ1n) is 8.33. The van der Waals surface area contributed by atoms with Crippen molar-refractivity contribution in [3.63, 3.8) is 0 Å². The van der Waals surface area contributed by atoms with Gasteiger partial charge in [0.05, 0.1) is 26.6 Å². The van der Waals surface area contributed by atoms with Crippen LogP contribution in [0.4, 0.5) is 8.78 Å². The van der Waals surface area contributed by atoms with E-state index < -0.39 is 11.6 Å². The molecule has 1 heterocycles. The number of fused-ring (bicyclic) bond motifs is 1. The Morgan fingerprint density at radius 3 is 2.43 bits per heavy atom. The van der Waals surface area contributed by atoms with Gasteiger partial charge in [-0.2, -0.15) is 0 Å². The zero-order chi connectivity index (χ0) is 19.8. The highest BCUT2D eigenvalue weighted by molar-refractivity contribution is 6.39. The standard InChI is InChI=1S/C21H12Cl2F2N2O/c22-13-2-1-3-14(23)20(13)21-26-17-7-5-12(10-18(17)27-21)19(28)9-11-4-6-15(24)16(25)8-11/h1-8,10H,9H2,(H,26,27). The van der Waals surface area contributed by atoms with E-state index in [-0.39, 0.29) is 12.2 Å². The predicted octanol–water partition coefficient (Wildman–Crippen LogP) is 6.24. The average molecular weight is 417 g/mol. The van der Waals surface area contributed by atoms with Crippen LogP contribution < -0.4 is 0 Å². The van der Waals surface area contributed by atoms with Crippen molar-refractivity contribution in [2.75, 3.05) is 0 Å². The zero-order valence-corrected chi connectivity index (χ0v) is 15.8. The van der Waals surface area contributed by atoms with E-state index >= 15 is 0 Å². The van der Waals surface area contributed by atoms with Gasteiger partial charge in [0.15, 0.2) is 17.4 Å². The van der Waals surface area contributed by atoms with Crippen molar-refractivity contribution in [1.29, 1.82) is 0 Å². The fourth-order valence-electron chi connectivity index (χ4n) is 2.96. The lowest BCUT2D eigenvalue weighted by Gasteiger charge is -2.03. The van der Waals surface area contributed by atoms with Crippen LogP contribution in [0.5, 0.6) is 0 Å². The Kier molecular flexibility index (Phi) is 4.87. The summed E-state index contributed by atoms with van der Waals surface area (Å²) in [5, 5.41) is 0.919. The number of hydrogen-bond acceptors (Lipinski definition) is 2. The van der Waals surface area contributed by atoms with Crippen LogP contribution in [-0.2, 0) is 6.42 Å². The molecule has 140 valence electrons. The highest BCUT2D eigenvalue weighted by atomic mass is 35.5. The molecule has 0 aliphatic heterocycles. The van der Waals surface area contributed by atoms with Crippen molar-refractivity contribution in [3.8, 4) is 11.4 Å². The second kappa shape index (κ2) is 7.34. The number of rotatable bonds is 4. The number of carbonyl (C=O) groups is 1. The molecule has 0 saturated heterocycles. The number of nitrogens with one attached hydrogen (secondary N) is 1. The highest BCUT2D eigenvalue weighted by Crippen LogP contribution is 2.34. The molecule has 0 radical (unpaired) electrons. The molecule has 4 rings (SSSR count). The Balaban J connectivity index is 1.66. The molecule has 1 aromatic heterocycles. The first-order valence-corrected chi connectivity index (χ1v) is 9.09. The van der Waals surface area contributed by atoms with Gasteiger partial charge in [0.1, 0.15) is 5.82 Å². The van der Waals surface area contributed by atoms with Crippen LogP contribution >= 0.6 is 23.2 Å². The molecule has 0 aliphatic carbocycles. The van der Waals surface area contributed by atoms with Crippen molar-refractivity contribution in [3.05, 3.63) is 87.4 Å². The van der Waals surface area contributed by atoms with Gasteiger partial charge < -0.3 is 4.98 Å². The molecule has 0 amide bonds. The molecule has 7 heteroatoms. The molecule has 0 bridgehead atoms. The summed E-state index contributed by atoms with van der Waals surface area (Å²) in [4.78, 5) is 20.2. The van der Waals surface area contributed by atoms with Gasteiger partial charge in [0.2, 0.25) is 0 Å². The summed E-state index contributed by atoms with van der Waals surface area (Å²) >= 11 is 12.5. The van der Waals surface area contributed by atoms with Gasteiger partial charge in [-0.3, -0.25) is 4.79 Å². The maximum atomic E-state index is 13.3. The normalized spacial score (nSPS) is 11.1. The molecule has 0 spiro atoms. The minimum atomic E-state index is -0.976. The van der Waals surface area contributed by atoms with E-state index in [1.807, 2.05) is 0 Å². The van der Waals surface area contributed by atoms with Crippen molar-refractivity contribution >= 4 is 40.0 Å². The van der Waals surface area contributed by atoms with Gasteiger partial charge in [-0.1, -0.05) is 35.3 Å². The predicted molar refractivity (Wildman–Crippen MR) is 106 cm³/mol. The molecular weight excluding hydrogens is 405 g/mol. The topological polar surface area (TPSA) is 45.8 Å². The Morgan fingerprint density at radius 2 is 1.71 bits per heavy atom. The molecule has 3 aromatic carbocycles. The smallest absolute Gasteiger partial charge is 0.167 e. The van der Waals surface area contributed by atoms with Crippen LogP contribution in [0.3, 0.4) is 0 Å². The summed E-state index contributed by atoms with van der Waals surface area (Å²) in [5.74, 6) is -1.65. The summed E-state index contributed by atoms with van der Waals surface area (Å²) in [6, 6.07) is 13.6. The first kappa shape index (κ1) is 18.6. The number of benzene rings is 3. The number of halogens is 4. The maximum absolute atomic E-state index is 13.3. The lowest BCUT2D eigenvalue weighted by molar-refractivity contribution is 0.0993. The number of imidazole rings is 1. The minimum absolute atomic E-state index is 0.0416. The summed E-state index contributed by atoms with van der Waals surface area (Å²) in [6.45, 7) is 0. The maximum Gasteiger partial charge on any atom is 0.167 e. The van der Waals surface area contributed by atoms with E-state index in [1.54, 1.807) is 36.4 Å². The lowest BCUT2D eigenvalue weighted by atomic mass is 10.0. The Hall–Kier alpha value is -2.76. The third-order valence-electron chi connectivity index (χ3n) is 4.35. The Labute approximate surface area is 168 Å². The van der Waals surface area contributed by atoms with E-state index in [1.165, 1.54) is 6.07 Å². The highest BCUT2D eigenvalue weighted by Gasteiger charge is 2.15. The SMILES string of the molecule is O=C(Cc1ccc(F)c(F)c1)c1ccc2nc(-c3c(Cl)cccc3Cl)[nH]c2c1. The molecular formula is C21H12Cl2F2N2O. The van der Waals surface area contributed by atoms with E-state index in [4.69, 9.17) is 23.2 Å². The first-order chi connectivity index (χ1) is 13.4. The number of carbonyl (C=O) groups excluding carboxylic acids is 1. The van der Waals surface area contributed by atoms with Crippen LogP contribution in [0.25, 0.3) is 22.4 Å². The Morgan fingerprint density at radius 1 is 0.964 bits per heavy atom. The van der Waals surface area contributed by atoms with E-state index in [0.717, 1.165) is 12.1 Å². The van der Waals surface area contributed by atoms with E-state index in [0.29, 0.717) is 43.6 Å². The van der Waals surface area contributed by atoms with Crippen LogP contribution in [0, 0.1) is 11.6 Å². The summed E-state index contributed by atoms with van der Waals surface area (Å²) in [6.07, 6.45) is -0.0416. The number of hydrogen-bond donors (Lipinski definition) is 1. The summed E-state index contributed by atoms with van der Waals surface area (Å²) < 4.78 is 26.4. The van der Waals surface area contributed by atoms with Crippen LogP contribution in [0.1, 0.15) is 15.9 Å². The number of H-pyrrole nitrogens is 1. The van der Waals surface area contributed by atoms with Gasteiger partial charge in [0.25, 0.3) is 0 Å². The van der Waals surface area contributed by atoms with Gasteiger partial charge >= 0.3 is 0 Å². The molecule has 0 aliphatic rings. The van der Waals surface area contributed by atoms with Gasteiger partial charge in [-0.15, -0.1) is 0 Å². The van der Waals surface area contributed by atoms with Gasteiger partial charge in [-0.05, 0) is 48.0 Å². The zero-order valence-electron chi connectivity index (χ0n) is 14.3. The second-order valence-electron chi connectivity index (χ2n) is 6.26. The average Bonchev–Trinajstić information content (AvgIpc) is 3.07. The minimum Gasteiger partial charge on any atom is -0.338 e. The molecule has 1 N–H and O–H groups in total. The lowest BCUT2D eigenvalue weighted by Crippen LogP contribution is -2.04. The monoisotopic (exact) mass is 416 g/mol. The number of Topliss-reactive ketones (excluding diaryl/α,β-unsaturated/α-hetero) is 1. The quantitative estimate of drug-likeness (QED) is 0.400. The molecule has 0 unspecified atom stereocenters. The van der Waals surface area contributed by atoms with E-state index in [2.05, 4.69) is 9.97 Å². The number of nitrogens with zero attached hydrogens (tertiary/aromatic N) is 1. The van der Waals surface area contributed by atoms with Crippen molar-refractivity contribution < 1.29 is 13.6 Å². The fourth-order valence-corrected chi connectivity index (χ4v) is 3.54. The van der Waals surface area contributed by atoms with Crippen LogP contribution in [-0.4, -0.2) is 15.8 Å². The summed E-state index contributed by atoms with van der Waals surface area (Å²) in [5.41, 5.74) is 2.70. The molecule has 28 heavy (non-hydrogen) atoms. The van der Waals surface area contributed by atoms with Gasteiger partial charge in [0, 0.05) is 12.0 Å². The number of aromatic amines is 1. The Bertz CT molecular complexity index is 1200. The van der Waals surface area contributed by atoms with Crippen molar-refractivity contribution in [2.45, 2.75) is 6.42 Å². The molecule has 3 nitrogen and oxygen atoms in total. The molecule has 0 saturated carbocycles. The van der Waals surface area contributed by atoms with Crippen molar-refractivity contribution in [1.82, 2.24) is 9.97 Å². The van der Waals surface area contributed by atoms with Gasteiger partial charge in [-0.25, -0.2) is 13.8 Å². The molecule has 0 atom stereocenters. The van der Waals surface area contributed by atoms with Crippen LogP contribution in [0.2, 0.25) is 10.0 Å². The second-order valence-corrected chi connectivity index (χ2v) is 7.08. The number of aromatic nitrogens is 2. The largest absolute Gasteiger partial charge is 0.338 e. The van der Waals surface area contributed by atoms with E-state index in [9.17, 15) is 13.6 Å². The van der Waals surface area contributed by atoms with Crippen LogP contribution in [0.15, 0.2) is 54.6 Å². The fraction of sp³-hybridized carbons (Fsp3) is 0.0476. The molecule has 0 fully saturated rings. The summed E-state index contributed by atoms with van der Waals surface area (Å²) in [7, 11) is 0. The third-order valence-corrected chi connectivity index (χ3v) is 4.98. The third kappa shape index (κ3) is 3.51. The number of ketones is 1. The molecule has 4 aromatic rings. The van der Waals surface area contributed by atoms with Crippen molar-refractivity contribution in [2.24, 2.45) is 0 Å².